The molecule has 2 atom stereocenters. The maximum atomic E-state index is 5.82. The van der Waals surface area contributed by atoms with E-state index in [0.717, 1.165) is 25.1 Å². The van der Waals surface area contributed by atoms with Gasteiger partial charge in [0.1, 0.15) is 0 Å². The van der Waals surface area contributed by atoms with Crippen LogP contribution in [0.2, 0.25) is 0 Å². The van der Waals surface area contributed by atoms with Crippen LogP contribution < -0.4 is 11.5 Å². The molecule has 106 valence electrons. The molecule has 0 saturated carbocycles. The zero-order chi connectivity index (χ0) is 14.1. The van der Waals surface area contributed by atoms with Crippen molar-refractivity contribution in [3.63, 3.8) is 0 Å². The van der Waals surface area contributed by atoms with Crippen molar-refractivity contribution in [2.75, 3.05) is 18.1 Å². The Morgan fingerprint density at radius 2 is 2.05 bits per heavy atom. The van der Waals surface area contributed by atoms with E-state index < -0.39 is 0 Å². The summed E-state index contributed by atoms with van der Waals surface area (Å²) in [6.45, 7) is 3.62. The van der Waals surface area contributed by atoms with Crippen LogP contribution in [0.4, 0.5) is 11.4 Å². The first kappa shape index (κ1) is 12.9. The summed E-state index contributed by atoms with van der Waals surface area (Å²) in [5, 5.41) is 11.9. The van der Waals surface area contributed by atoms with Gasteiger partial charge in [-0.25, -0.2) is 4.68 Å². The highest BCUT2D eigenvalue weighted by atomic mass is 16.5. The van der Waals surface area contributed by atoms with Crippen molar-refractivity contribution in [3.8, 4) is 11.4 Å². The van der Waals surface area contributed by atoms with Crippen LogP contribution in [0, 0.1) is 5.92 Å². The molecule has 1 aliphatic rings. The number of hydrogen-bond donors (Lipinski definition) is 2. The molecule has 0 spiro atoms. The topological polar surface area (TPSA) is 105 Å². The van der Waals surface area contributed by atoms with Gasteiger partial charge in [-0.3, -0.25) is 0 Å². The van der Waals surface area contributed by atoms with Crippen LogP contribution in [0.15, 0.2) is 18.2 Å². The molecule has 4 N–H and O–H groups in total. The highest BCUT2D eigenvalue weighted by Crippen LogP contribution is 2.26. The van der Waals surface area contributed by atoms with Crippen molar-refractivity contribution in [2.45, 2.75) is 26.0 Å². The molecule has 2 unspecified atom stereocenters. The summed E-state index contributed by atoms with van der Waals surface area (Å²) in [6.07, 6.45) is 1.26. The minimum atomic E-state index is 0.234. The summed E-state index contributed by atoms with van der Waals surface area (Å²) in [5.41, 5.74) is 13.7. The van der Waals surface area contributed by atoms with E-state index in [9.17, 15) is 0 Å². The monoisotopic (exact) mass is 274 g/mol. The van der Waals surface area contributed by atoms with Crippen LogP contribution in [0.25, 0.3) is 11.4 Å². The largest absolute Gasteiger partial charge is 0.399 e. The number of hydrogen-bond acceptors (Lipinski definition) is 6. The van der Waals surface area contributed by atoms with Gasteiger partial charge in [-0.1, -0.05) is 0 Å². The summed E-state index contributed by atoms with van der Waals surface area (Å²) in [4.78, 5) is 0. The zero-order valence-electron chi connectivity index (χ0n) is 11.4. The van der Waals surface area contributed by atoms with Gasteiger partial charge in [-0.2, -0.15) is 0 Å². The second kappa shape index (κ2) is 5.09. The molecule has 1 aromatic heterocycles. The number of ether oxygens (including phenoxy) is 1. The Balaban J connectivity index is 1.89. The minimum absolute atomic E-state index is 0.234. The first-order chi connectivity index (χ1) is 9.63. The van der Waals surface area contributed by atoms with Gasteiger partial charge < -0.3 is 16.2 Å². The van der Waals surface area contributed by atoms with Crippen molar-refractivity contribution in [3.05, 3.63) is 18.2 Å². The summed E-state index contributed by atoms with van der Waals surface area (Å²) < 4.78 is 7.37. The molecule has 0 radical (unpaired) electrons. The summed E-state index contributed by atoms with van der Waals surface area (Å²) in [5.74, 6) is 1.11. The Bertz CT molecular complexity index is 590. The van der Waals surface area contributed by atoms with Gasteiger partial charge in [0.25, 0.3) is 0 Å². The van der Waals surface area contributed by atoms with Gasteiger partial charge >= 0.3 is 0 Å². The molecule has 1 aliphatic heterocycles. The van der Waals surface area contributed by atoms with Crippen LogP contribution in [-0.4, -0.2) is 32.9 Å². The lowest BCUT2D eigenvalue weighted by molar-refractivity contribution is 0.101. The number of nitrogen functional groups attached to an aromatic ring is 2. The van der Waals surface area contributed by atoms with E-state index in [1.807, 2.05) is 12.1 Å². The van der Waals surface area contributed by atoms with Gasteiger partial charge in [0.15, 0.2) is 5.82 Å². The lowest BCUT2D eigenvalue weighted by Crippen LogP contribution is -2.19. The molecule has 0 aliphatic carbocycles. The fraction of sp³-hybridized carbons (Fsp3) is 0.462. The molecule has 3 rings (SSSR count). The standard InChI is InChI=1S/C13H18N6O/c1-8-9(2-3-20-8)7-19-13(16-17-18-19)10-4-11(14)6-12(15)5-10/h4-6,8-9H,2-3,7,14-15H2,1H3. The van der Waals surface area contributed by atoms with Gasteiger partial charge in [0.05, 0.1) is 12.6 Å². The number of aromatic nitrogens is 4. The second-order valence-corrected chi connectivity index (χ2v) is 5.20. The molecular weight excluding hydrogens is 256 g/mol. The predicted molar refractivity (Wildman–Crippen MR) is 75.6 cm³/mol. The maximum Gasteiger partial charge on any atom is 0.182 e. The average molecular weight is 274 g/mol. The second-order valence-electron chi connectivity index (χ2n) is 5.20. The molecular formula is C13H18N6O. The SMILES string of the molecule is CC1OCCC1Cn1nnnc1-c1cc(N)cc(N)c1. The van der Waals surface area contributed by atoms with Crippen molar-refractivity contribution < 1.29 is 4.74 Å². The highest BCUT2D eigenvalue weighted by molar-refractivity contribution is 5.67. The van der Waals surface area contributed by atoms with E-state index in [-0.39, 0.29) is 6.10 Å². The van der Waals surface area contributed by atoms with E-state index in [1.165, 1.54) is 0 Å². The molecule has 7 nitrogen and oxygen atoms in total. The molecule has 2 heterocycles. The Morgan fingerprint density at radius 3 is 2.70 bits per heavy atom. The molecule has 20 heavy (non-hydrogen) atoms. The molecule has 1 saturated heterocycles. The smallest absolute Gasteiger partial charge is 0.182 e. The number of anilines is 2. The number of rotatable bonds is 3. The molecule has 1 fully saturated rings. The lowest BCUT2D eigenvalue weighted by Gasteiger charge is -2.14. The Kier molecular flexibility index (Phi) is 3.27. The van der Waals surface area contributed by atoms with Crippen LogP contribution in [0.5, 0.6) is 0 Å². The summed E-state index contributed by atoms with van der Waals surface area (Å²) in [7, 11) is 0. The first-order valence-corrected chi connectivity index (χ1v) is 6.67. The number of benzene rings is 1. The number of tetrazole rings is 1. The van der Waals surface area contributed by atoms with Crippen LogP contribution >= 0.6 is 0 Å². The van der Waals surface area contributed by atoms with Gasteiger partial charge in [-0.05, 0) is 42.0 Å². The average Bonchev–Trinajstić information content (AvgIpc) is 2.99. The third-order valence-corrected chi connectivity index (χ3v) is 3.71. The van der Waals surface area contributed by atoms with Crippen LogP contribution in [-0.2, 0) is 11.3 Å². The zero-order valence-corrected chi connectivity index (χ0v) is 11.4. The van der Waals surface area contributed by atoms with E-state index in [1.54, 1.807) is 10.7 Å². The molecule has 7 heteroatoms. The number of nitrogens with zero attached hydrogens (tertiary/aromatic N) is 4. The van der Waals surface area contributed by atoms with E-state index in [4.69, 9.17) is 16.2 Å². The Morgan fingerprint density at radius 1 is 1.30 bits per heavy atom. The van der Waals surface area contributed by atoms with Gasteiger partial charge in [0, 0.05) is 29.5 Å². The van der Waals surface area contributed by atoms with Crippen LogP contribution in [0.3, 0.4) is 0 Å². The third kappa shape index (κ3) is 2.44. The Hall–Kier alpha value is -2.15. The van der Waals surface area contributed by atoms with Gasteiger partial charge in [0.2, 0.25) is 0 Å². The van der Waals surface area contributed by atoms with Crippen LogP contribution in [0.1, 0.15) is 13.3 Å². The fourth-order valence-electron chi connectivity index (χ4n) is 2.58. The highest BCUT2D eigenvalue weighted by Gasteiger charge is 2.26. The lowest BCUT2D eigenvalue weighted by atomic mass is 10.0. The maximum absolute atomic E-state index is 5.82. The summed E-state index contributed by atoms with van der Waals surface area (Å²) in [6, 6.07) is 5.37. The first-order valence-electron chi connectivity index (χ1n) is 6.67. The van der Waals surface area contributed by atoms with Crippen molar-refractivity contribution in [1.82, 2.24) is 20.2 Å². The number of nitrogens with two attached hydrogens (primary N) is 2. The van der Waals surface area contributed by atoms with E-state index >= 15 is 0 Å². The predicted octanol–water partition coefficient (Wildman–Crippen LogP) is 0.929. The van der Waals surface area contributed by atoms with Crippen molar-refractivity contribution in [1.29, 1.82) is 0 Å². The van der Waals surface area contributed by atoms with E-state index in [0.29, 0.717) is 23.1 Å². The van der Waals surface area contributed by atoms with Crippen molar-refractivity contribution >= 4 is 11.4 Å². The summed E-state index contributed by atoms with van der Waals surface area (Å²) >= 11 is 0. The third-order valence-electron chi connectivity index (χ3n) is 3.71. The Labute approximate surface area is 116 Å². The fourth-order valence-corrected chi connectivity index (χ4v) is 2.58. The quantitative estimate of drug-likeness (QED) is 0.807. The minimum Gasteiger partial charge on any atom is -0.399 e. The van der Waals surface area contributed by atoms with Gasteiger partial charge in [-0.15, -0.1) is 5.10 Å². The molecule has 0 bridgehead atoms. The molecule has 0 amide bonds. The normalized spacial score (nSPS) is 22.2. The van der Waals surface area contributed by atoms with Crippen molar-refractivity contribution in [2.24, 2.45) is 5.92 Å². The molecule has 2 aromatic rings. The molecule has 1 aromatic carbocycles. The van der Waals surface area contributed by atoms with E-state index in [2.05, 4.69) is 22.4 Å².